The van der Waals surface area contributed by atoms with Crippen LogP contribution in [0.1, 0.15) is 0 Å². The largest absolute Gasteiger partial charge is 0.456 e. The third-order valence-electron chi connectivity index (χ3n) is 12.3. The van der Waals surface area contributed by atoms with E-state index in [-0.39, 0.29) is 0 Å². The van der Waals surface area contributed by atoms with Crippen LogP contribution in [0.4, 0.5) is 0 Å². The van der Waals surface area contributed by atoms with Crippen LogP contribution < -0.4 is 20.7 Å². The molecule has 0 saturated heterocycles. The molecule has 3 heterocycles. The maximum atomic E-state index is 6.59. The Bertz CT molecular complexity index is 3470. The summed E-state index contributed by atoms with van der Waals surface area (Å²) < 4.78 is 11.5. The van der Waals surface area contributed by atoms with Crippen molar-refractivity contribution in [3.63, 3.8) is 0 Å². The zero-order chi connectivity index (χ0) is 38.2. The molecule has 0 radical (unpaired) electrons. The van der Waals surface area contributed by atoms with E-state index in [9.17, 15) is 0 Å². The number of rotatable bonds is 6. The van der Waals surface area contributed by atoms with E-state index in [0.29, 0.717) is 0 Å². The Hall–Kier alpha value is -7.40. The summed E-state index contributed by atoms with van der Waals surface area (Å²) in [7, 11) is -3.03. The van der Waals surface area contributed by atoms with Crippen molar-refractivity contribution in [3.05, 3.63) is 218 Å². The Labute approximate surface area is 336 Å². The average molecular weight is 757 g/mol. The summed E-state index contributed by atoms with van der Waals surface area (Å²) in [4.78, 5) is 0. The minimum atomic E-state index is -3.03. The van der Waals surface area contributed by atoms with E-state index in [2.05, 4.69) is 228 Å². The second-order valence-corrected chi connectivity index (χ2v) is 19.0. The molecular formula is C54H36N2OSi. The maximum absolute atomic E-state index is 6.59. The molecule has 0 fully saturated rings. The van der Waals surface area contributed by atoms with E-state index in [0.717, 1.165) is 27.9 Å². The van der Waals surface area contributed by atoms with Crippen LogP contribution in [0, 0.1) is 0 Å². The van der Waals surface area contributed by atoms with Gasteiger partial charge in [-0.25, -0.2) is 0 Å². The van der Waals surface area contributed by atoms with Crippen LogP contribution in [0.5, 0.6) is 0 Å². The molecule has 9 aromatic carbocycles. The molecule has 0 amide bonds. The van der Waals surface area contributed by atoms with E-state index in [1.165, 1.54) is 69.7 Å². The SMILES string of the molecule is c1ccc(-n2c3ccccc3c3cc(-n4c5ccccc5c5ccc([Si](c6ccccc6)(c6ccccc6)c6cccc7oc8ccccc8c67)cc54)ccc32)cc1. The molecule has 12 aromatic rings. The molecule has 0 aliphatic heterocycles. The molecule has 0 atom stereocenters. The van der Waals surface area contributed by atoms with Gasteiger partial charge in [0.05, 0.1) is 22.1 Å². The van der Waals surface area contributed by atoms with Crippen molar-refractivity contribution in [2.24, 2.45) is 0 Å². The van der Waals surface area contributed by atoms with E-state index >= 15 is 0 Å². The summed E-state index contributed by atoms with van der Waals surface area (Å²) in [6.45, 7) is 0. The van der Waals surface area contributed by atoms with E-state index in [1.54, 1.807) is 0 Å². The predicted octanol–water partition coefficient (Wildman–Crippen LogP) is 11.2. The van der Waals surface area contributed by atoms with Gasteiger partial charge in [-0.1, -0.05) is 158 Å². The molecule has 0 spiro atoms. The summed E-state index contributed by atoms with van der Waals surface area (Å²) >= 11 is 0. The van der Waals surface area contributed by atoms with Gasteiger partial charge in [-0.2, -0.15) is 0 Å². The van der Waals surface area contributed by atoms with Gasteiger partial charge < -0.3 is 13.6 Å². The monoisotopic (exact) mass is 756 g/mol. The summed E-state index contributed by atoms with van der Waals surface area (Å²) in [6.07, 6.45) is 0. The predicted molar refractivity (Wildman–Crippen MR) is 246 cm³/mol. The zero-order valence-electron chi connectivity index (χ0n) is 31.6. The number of fused-ring (bicyclic) bond motifs is 9. The number of hydrogen-bond donors (Lipinski definition) is 0. The first-order valence-electron chi connectivity index (χ1n) is 19.9. The molecule has 4 heteroatoms. The molecule has 3 aromatic heterocycles. The van der Waals surface area contributed by atoms with Gasteiger partial charge in [0, 0.05) is 43.7 Å². The van der Waals surface area contributed by atoms with Crippen LogP contribution >= 0.6 is 0 Å². The van der Waals surface area contributed by atoms with Gasteiger partial charge in [0.2, 0.25) is 0 Å². The van der Waals surface area contributed by atoms with E-state index in [1.807, 2.05) is 0 Å². The fourth-order valence-electron chi connectivity index (χ4n) is 9.87. The zero-order valence-corrected chi connectivity index (χ0v) is 32.6. The normalized spacial score (nSPS) is 12.1. The number of aromatic nitrogens is 2. The molecule has 0 saturated carbocycles. The topological polar surface area (TPSA) is 23.0 Å². The highest BCUT2D eigenvalue weighted by Crippen LogP contribution is 2.37. The van der Waals surface area contributed by atoms with Gasteiger partial charge in [-0.05, 0) is 81.4 Å². The second kappa shape index (κ2) is 12.8. The lowest BCUT2D eigenvalue weighted by atomic mass is 10.1. The van der Waals surface area contributed by atoms with Crippen molar-refractivity contribution in [1.82, 2.24) is 9.13 Å². The fraction of sp³-hybridized carbons (Fsp3) is 0. The summed E-state index contributed by atoms with van der Waals surface area (Å²) in [5.41, 5.74) is 8.90. The molecule has 0 unspecified atom stereocenters. The summed E-state index contributed by atoms with van der Waals surface area (Å²) in [6, 6.07) is 80.2. The average Bonchev–Trinajstić information content (AvgIpc) is 3.95. The minimum Gasteiger partial charge on any atom is -0.456 e. The van der Waals surface area contributed by atoms with Crippen molar-refractivity contribution >= 4 is 94.4 Å². The number of nitrogens with zero attached hydrogens (tertiary/aromatic N) is 2. The number of para-hydroxylation sites is 4. The molecule has 3 nitrogen and oxygen atoms in total. The highest BCUT2D eigenvalue weighted by molar-refractivity contribution is 7.21. The number of hydrogen-bond acceptors (Lipinski definition) is 1. The third kappa shape index (κ3) is 4.67. The van der Waals surface area contributed by atoms with Gasteiger partial charge >= 0.3 is 0 Å². The van der Waals surface area contributed by atoms with E-state index < -0.39 is 8.07 Å². The molecule has 0 aliphatic carbocycles. The van der Waals surface area contributed by atoms with Crippen molar-refractivity contribution in [3.8, 4) is 11.4 Å². The first-order valence-corrected chi connectivity index (χ1v) is 21.9. The standard InChI is InChI=1S/C54H36N2OSi/c1-4-17-37(18-5-1)55-48-27-14-11-24-43(48)46-35-38(31-34-49(46)55)56-47-26-13-10-23-42(47)44-33-32-41(36-50(44)56)58(39-19-6-2-7-20-39,40-21-8-3-9-22-40)53-30-16-29-52-54(53)45-25-12-15-28-51(45)57-52/h1-36H. The van der Waals surface area contributed by atoms with E-state index in [4.69, 9.17) is 4.42 Å². The first-order chi connectivity index (χ1) is 28.8. The second-order valence-electron chi connectivity index (χ2n) is 15.2. The van der Waals surface area contributed by atoms with Crippen LogP contribution in [0.2, 0.25) is 0 Å². The van der Waals surface area contributed by atoms with Crippen LogP contribution in [-0.2, 0) is 0 Å². The lowest BCUT2D eigenvalue weighted by molar-refractivity contribution is 0.669. The minimum absolute atomic E-state index is 0.911. The Morgan fingerprint density at radius 2 is 0.845 bits per heavy atom. The molecule has 0 bridgehead atoms. The van der Waals surface area contributed by atoms with Crippen LogP contribution in [0.25, 0.3) is 76.9 Å². The molecular weight excluding hydrogens is 721 g/mol. The lowest BCUT2D eigenvalue weighted by Gasteiger charge is -2.35. The molecule has 0 N–H and O–H groups in total. The van der Waals surface area contributed by atoms with Crippen molar-refractivity contribution in [2.45, 2.75) is 0 Å². The van der Waals surface area contributed by atoms with Gasteiger partial charge in [-0.3, -0.25) is 0 Å². The highest BCUT2D eigenvalue weighted by atomic mass is 28.3. The quantitative estimate of drug-likeness (QED) is 0.122. The smallest absolute Gasteiger partial charge is 0.180 e. The van der Waals surface area contributed by atoms with Crippen molar-refractivity contribution in [1.29, 1.82) is 0 Å². The number of furan rings is 1. The van der Waals surface area contributed by atoms with Crippen molar-refractivity contribution < 1.29 is 4.42 Å². The van der Waals surface area contributed by atoms with Gasteiger partial charge in [0.15, 0.2) is 8.07 Å². The van der Waals surface area contributed by atoms with Crippen LogP contribution in [-0.4, -0.2) is 17.2 Å². The van der Waals surface area contributed by atoms with Crippen LogP contribution in [0.15, 0.2) is 223 Å². The van der Waals surface area contributed by atoms with Gasteiger partial charge in [0.1, 0.15) is 11.2 Å². The molecule has 12 rings (SSSR count). The fourth-order valence-corrected chi connectivity index (χ4v) is 14.9. The lowest BCUT2D eigenvalue weighted by Crippen LogP contribution is -2.74. The molecule has 0 aliphatic rings. The molecule has 272 valence electrons. The summed E-state index contributed by atoms with van der Waals surface area (Å²) in [5.74, 6) is 0. The Morgan fingerprint density at radius 3 is 1.55 bits per heavy atom. The Kier molecular flexibility index (Phi) is 7.25. The van der Waals surface area contributed by atoms with Gasteiger partial charge in [0.25, 0.3) is 0 Å². The summed E-state index contributed by atoms with van der Waals surface area (Å²) in [5, 5.41) is 12.6. The third-order valence-corrected chi connectivity index (χ3v) is 17.1. The number of benzene rings is 9. The first kappa shape index (κ1) is 32.8. The van der Waals surface area contributed by atoms with Gasteiger partial charge in [-0.15, -0.1) is 0 Å². The van der Waals surface area contributed by atoms with Crippen LogP contribution in [0.3, 0.4) is 0 Å². The maximum Gasteiger partial charge on any atom is 0.180 e. The Morgan fingerprint density at radius 1 is 0.310 bits per heavy atom. The molecule has 58 heavy (non-hydrogen) atoms. The Balaban J connectivity index is 1.19. The van der Waals surface area contributed by atoms with Crippen molar-refractivity contribution in [2.75, 3.05) is 0 Å². The highest BCUT2D eigenvalue weighted by Gasteiger charge is 2.43.